The number of ether oxygens (including phenoxy) is 1. The summed E-state index contributed by atoms with van der Waals surface area (Å²) in [4.78, 5) is 34.3. The van der Waals surface area contributed by atoms with E-state index in [0.717, 1.165) is 6.07 Å². The second-order valence-corrected chi connectivity index (χ2v) is 6.53. The van der Waals surface area contributed by atoms with Crippen LogP contribution in [0.1, 0.15) is 33.4 Å². The number of carbonyl (C=O) groups excluding carboxylic acids is 2. The number of non-ortho nitro benzene ring substituents is 1. The molecular formula is C21H16ClN3O6. The Balaban J connectivity index is 1.70. The van der Waals surface area contributed by atoms with E-state index in [9.17, 15) is 19.7 Å². The number of amides is 1. The molecule has 0 spiro atoms. The molecule has 2 aromatic carbocycles. The van der Waals surface area contributed by atoms with Crippen LogP contribution in [-0.2, 0) is 4.74 Å². The van der Waals surface area contributed by atoms with Crippen molar-refractivity contribution in [3.8, 4) is 11.3 Å². The quantitative estimate of drug-likeness (QED) is 0.250. The van der Waals surface area contributed by atoms with Gasteiger partial charge < -0.3 is 9.15 Å². The minimum Gasteiger partial charge on any atom is -0.462 e. The van der Waals surface area contributed by atoms with Gasteiger partial charge in [-0.15, -0.1) is 0 Å². The average Bonchev–Trinajstić information content (AvgIpc) is 3.23. The van der Waals surface area contributed by atoms with E-state index in [1.54, 1.807) is 37.3 Å². The van der Waals surface area contributed by atoms with Gasteiger partial charge >= 0.3 is 5.97 Å². The maximum absolute atomic E-state index is 12.1. The van der Waals surface area contributed by atoms with E-state index in [1.807, 2.05) is 0 Å². The zero-order chi connectivity index (χ0) is 22.4. The summed E-state index contributed by atoms with van der Waals surface area (Å²) < 4.78 is 10.6. The van der Waals surface area contributed by atoms with Crippen molar-refractivity contribution in [2.75, 3.05) is 6.61 Å². The van der Waals surface area contributed by atoms with Crippen LogP contribution in [0.15, 0.2) is 64.1 Å². The van der Waals surface area contributed by atoms with E-state index in [-0.39, 0.29) is 28.4 Å². The number of nitro groups is 1. The number of hydrazone groups is 1. The maximum atomic E-state index is 12.1. The smallest absolute Gasteiger partial charge is 0.339 e. The van der Waals surface area contributed by atoms with Gasteiger partial charge in [-0.2, -0.15) is 5.10 Å². The normalized spacial score (nSPS) is 10.8. The largest absolute Gasteiger partial charge is 0.462 e. The van der Waals surface area contributed by atoms with Crippen molar-refractivity contribution >= 4 is 35.4 Å². The third-order valence-electron chi connectivity index (χ3n) is 4.05. The molecule has 1 heterocycles. The molecule has 0 aliphatic rings. The molecule has 3 rings (SSSR count). The van der Waals surface area contributed by atoms with Gasteiger partial charge in [0.15, 0.2) is 0 Å². The van der Waals surface area contributed by atoms with E-state index >= 15 is 0 Å². The minimum absolute atomic E-state index is 0.0964. The van der Waals surface area contributed by atoms with Crippen LogP contribution < -0.4 is 5.43 Å². The molecule has 0 unspecified atom stereocenters. The third kappa shape index (κ3) is 5.34. The van der Waals surface area contributed by atoms with Crippen molar-refractivity contribution in [2.45, 2.75) is 6.92 Å². The zero-order valence-electron chi connectivity index (χ0n) is 16.2. The van der Waals surface area contributed by atoms with Gasteiger partial charge in [-0.05, 0) is 43.3 Å². The van der Waals surface area contributed by atoms with E-state index in [2.05, 4.69) is 10.5 Å². The number of benzene rings is 2. The first-order valence-corrected chi connectivity index (χ1v) is 9.41. The Morgan fingerprint density at radius 2 is 2.03 bits per heavy atom. The van der Waals surface area contributed by atoms with Crippen LogP contribution >= 0.6 is 11.6 Å². The number of nitrogens with zero attached hydrogens (tertiary/aromatic N) is 2. The van der Waals surface area contributed by atoms with Crippen molar-refractivity contribution < 1.29 is 23.7 Å². The van der Waals surface area contributed by atoms with Crippen molar-refractivity contribution in [2.24, 2.45) is 5.10 Å². The lowest BCUT2D eigenvalue weighted by molar-refractivity contribution is -0.384. The molecule has 0 saturated carbocycles. The SMILES string of the molecule is CCOC(=O)c1cc(-c2ccc(/C=N\NC(=O)c3cccc([N+](=O)[O-])c3)o2)ccc1Cl. The molecule has 31 heavy (non-hydrogen) atoms. The first kappa shape index (κ1) is 21.7. The molecule has 0 saturated heterocycles. The Morgan fingerprint density at radius 1 is 1.23 bits per heavy atom. The predicted octanol–water partition coefficient (Wildman–Crippen LogP) is 4.45. The highest BCUT2D eigenvalue weighted by atomic mass is 35.5. The van der Waals surface area contributed by atoms with Gasteiger partial charge in [-0.3, -0.25) is 14.9 Å². The summed E-state index contributed by atoms with van der Waals surface area (Å²) in [6.07, 6.45) is 1.28. The lowest BCUT2D eigenvalue weighted by Gasteiger charge is -2.05. The minimum atomic E-state index is -0.608. The zero-order valence-corrected chi connectivity index (χ0v) is 17.0. The molecule has 9 nitrogen and oxygen atoms in total. The molecule has 3 aromatic rings. The fourth-order valence-electron chi connectivity index (χ4n) is 2.60. The van der Waals surface area contributed by atoms with Crippen LogP contribution in [-0.4, -0.2) is 29.6 Å². The summed E-state index contributed by atoms with van der Waals surface area (Å²) in [7, 11) is 0. The molecule has 0 bridgehead atoms. The van der Waals surface area contributed by atoms with Crippen molar-refractivity contribution in [1.29, 1.82) is 0 Å². The number of hydrogen-bond donors (Lipinski definition) is 1. The number of nitrogens with one attached hydrogen (secondary N) is 1. The number of esters is 1. The molecule has 1 aromatic heterocycles. The number of rotatable bonds is 7. The lowest BCUT2D eigenvalue weighted by Crippen LogP contribution is -2.17. The molecule has 158 valence electrons. The molecule has 0 fully saturated rings. The van der Waals surface area contributed by atoms with E-state index in [4.69, 9.17) is 20.8 Å². The number of furan rings is 1. The first-order chi connectivity index (χ1) is 14.9. The molecule has 1 amide bonds. The second-order valence-electron chi connectivity index (χ2n) is 6.12. The number of halogens is 1. The highest BCUT2D eigenvalue weighted by Crippen LogP contribution is 2.27. The highest BCUT2D eigenvalue weighted by molar-refractivity contribution is 6.33. The Hall–Kier alpha value is -3.98. The molecule has 0 aliphatic carbocycles. The summed E-state index contributed by atoms with van der Waals surface area (Å²) in [5, 5.41) is 14.9. The average molecular weight is 442 g/mol. The molecule has 0 aliphatic heterocycles. The van der Waals surface area contributed by atoms with Crippen LogP contribution in [0.5, 0.6) is 0 Å². The van der Waals surface area contributed by atoms with Gasteiger partial charge in [0, 0.05) is 23.3 Å². The van der Waals surface area contributed by atoms with Crippen molar-refractivity contribution in [3.63, 3.8) is 0 Å². The number of hydrogen-bond acceptors (Lipinski definition) is 7. The van der Waals surface area contributed by atoms with Crippen molar-refractivity contribution in [1.82, 2.24) is 5.43 Å². The van der Waals surface area contributed by atoms with Gasteiger partial charge in [0.25, 0.3) is 11.6 Å². The standard InChI is InChI=1S/C21H16ClN3O6/c1-2-30-21(27)17-11-13(6-8-18(17)22)19-9-7-16(31-19)12-23-24-20(26)14-4-3-5-15(10-14)25(28)29/h3-12H,2H2,1H3,(H,24,26)/b23-12-. The predicted molar refractivity (Wildman–Crippen MR) is 113 cm³/mol. The fraction of sp³-hybridized carbons (Fsp3) is 0.0952. The van der Waals surface area contributed by atoms with Crippen LogP contribution in [0.3, 0.4) is 0 Å². The Morgan fingerprint density at radius 3 is 2.77 bits per heavy atom. The summed E-state index contributed by atoms with van der Waals surface area (Å²) in [5.41, 5.74) is 3.00. The topological polar surface area (TPSA) is 124 Å². The lowest BCUT2D eigenvalue weighted by atomic mass is 10.1. The van der Waals surface area contributed by atoms with Gasteiger partial charge in [0.2, 0.25) is 0 Å². The van der Waals surface area contributed by atoms with E-state index in [1.165, 1.54) is 24.4 Å². The maximum Gasteiger partial charge on any atom is 0.339 e. The first-order valence-electron chi connectivity index (χ1n) is 9.03. The molecule has 0 radical (unpaired) electrons. The van der Waals surface area contributed by atoms with Crippen LogP contribution in [0.25, 0.3) is 11.3 Å². The van der Waals surface area contributed by atoms with Crippen LogP contribution in [0.2, 0.25) is 5.02 Å². The van der Waals surface area contributed by atoms with Crippen LogP contribution in [0, 0.1) is 10.1 Å². The summed E-state index contributed by atoms with van der Waals surface area (Å²) in [5.74, 6) is -0.356. The molecule has 1 N–H and O–H groups in total. The highest BCUT2D eigenvalue weighted by Gasteiger charge is 2.14. The molecule has 10 heteroatoms. The van der Waals surface area contributed by atoms with Crippen LogP contribution in [0.4, 0.5) is 5.69 Å². The number of carbonyl (C=O) groups is 2. The van der Waals surface area contributed by atoms with E-state index < -0.39 is 16.8 Å². The monoisotopic (exact) mass is 441 g/mol. The third-order valence-corrected chi connectivity index (χ3v) is 4.38. The summed E-state index contributed by atoms with van der Waals surface area (Å²) >= 11 is 6.07. The van der Waals surface area contributed by atoms with E-state index in [0.29, 0.717) is 17.1 Å². The summed E-state index contributed by atoms with van der Waals surface area (Å²) in [6.45, 7) is 1.93. The molecule has 0 atom stereocenters. The van der Waals surface area contributed by atoms with Gasteiger partial charge in [0.05, 0.1) is 28.3 Å². The van der Waals surface area contributed by atoms with Crippen molar-refractivity contribution in [3.05, 3.63) is 86.6 Å². The van der Waals surface area contributed by atoms with Gasteiger partial charge in [0.1, 0.15) is 11.5 Å². The Labute approximate surface area is 181 Å². The summed E-state index contributed by atoms with van der Waals surface area (Å²) in [6, 6.07) is 13.4. The molecular weight excluding hydrogens is 426 g/mol. The second kappa shape index (κ2) is 9.68. The Kier molecular flexibility index (Phi) is 6.78. The van der Waals surface area contributed by atoms with Gasteiger partial charge in [-0.1, -0.05) is 17.7 Å². The number of nitro benzene ring substituents is 1. The fourth-order valence-corrected chi connectivity index (χ4v) is 2.80. The Bertz CT molecular complexity index is 1170. The van der Waals surface area contributed by atoms with Gasteiger partial charge in [-0.25, -0.2) is 10.2 Å².